The fourth-order valence-corrected chi connectivity index (χ4v) is 0.365. The van der Waals surface area contributed by atoms with Gasteiger partial charge in [-0.1, -0.05) is 0 Å². The first-order valence-electron chi connectivity index (χ1n) is 3.02. The summed E-state index contributed by atoms with van der Waals surface area (Å²) in [7, 11) is 0. The monoisotopic (exact) mass is 172 g/mol. The van der Waals surface area contributed by atoms with Gasteiger partial charge < -0.3 is 11.5 Å². The van der Waals surface area contributed by atoms with Crippen LogP contribution < -0.4 is 11.5 Å². The Bertz CT molecular complexity index is 89.4. The molecular weight excluding hydrogens is 157 g/mol. The number of alkyl halides is 3. The van der Waals surface area contributed by atoms with E-state index >= 15 is 0 Å². The minimum atomic E-state index is -4.10. The van der Waals surface area contributed by atoms with Crippen molar-refractivity contribution in [2.75, 3.05) is 6.54 Å². The van der Waals surface area contributed by atoms with Crippen molar-refractivity contribution >= 4 is 0 Å². The number of hydrogen-bond acceptors (Lipinski definition) is 2. The largest absolute Gasteiger partial charge is 0.401 e. The lowest BCUT2D eigenvalue weighted by Gasteiger charge is -2.21. The van der Waals surface area contributed by atoms with Gasteiger partial charge in [-0.15, -0.1) is 0 Å². The molecule has 70 valence electrons. The summed E-state index contributed by atoms with van der Waals surface area (Å²) < 4.78 is 34.6. The van der Waals surface area contributed by atoms with Gasteiger partial charge >= 0.3 is 6.18 Å². The molecule has 0 aromatic carbocycles. The van der Waals surface area contributed by atoms with Gasteiger partial charge in [0, 0.05) is 5.54 Å². The Labute approximate surface area is 64.7 Å². The van der Waals surface area contributed by atoms with Crippen LogP contribution in [0.25, 0.3) is 0 Å². The summed E-state index contributed by atoms with van der Waals surface area (Å²) in [5.41, 5.74) is -0.463. The molecule has 0 aliphatic rings. The molecule has 0 fully saturated rings. The van der Waals surface area contributed by atoms with Gasteiger partial charge in [0.15, 0.2) is 0 Å². The molecule has 0 aliphatic heterocycles. The van der Waals surface area contributed by atoms with E-state index in [4.69, 9.17) is 0 Å². The molecule has 0 rings (SSSR count). The predicted molar refractivity (Wildman–Crippen MR) is 38.8 cm³/mol. The van der Waals surface area contributed by atoms with Gasteiger partial charge in [0.05, 0.1) is 6.54 Å². The lowest BCUT2D eigenvalue weighted by molar-refractivity contribution is -0.127. The van der Waals surface area contributed by atoms with Crippen LogP contribution in [-0.2, 0) is 0 Å². The molecule has 0 radical (unpaired) electrons. The summed E-state index contributed by atoms with van der Waals surface area (Å²) in [5, 5.41) is 2.34. The van der Waals surface area contributed by atoms with Gasteiger partial charge in [0.25, 0.3) is 0 Å². The van der Waals surface area contributed by atoms with Crippen LogP contribution in [0.2, 0.25) is 0 Å². The quantitative estimate of drug-likeness (QED) is 0.636. The van der Waals surface area contributed by atoms with Crippen LogP contribution in [0.4, 0.5) is 13.2 Å². The van der Waals surface area contributed by atoms with Crippen LogP contribution in [0.15, 0.2) is 0 Å². The second-order valence-electron chi connectivity index (χ2n) is 3.22. The number of nitrogens with one attached hydrogen (secondary N) is 1. The normalized spacial score (nSPS) is 12.5. The first kappa shape index (κ1) is 13.3. The Kier molecular flexibility index (Phi) is 4.74. The van der Waals surface area contributed by atoms with E-state index in [1.54, 1.807) is 20.8 Å². The van der Waals surface area contributed by atoms with Crippen molar-refractivity contribution in [2.45, 2.75) is 32.5 Å². The zero-order valence-electron chi connectivity index (χ0n) is 7.05. The van der Waals surface area contributed by atoms with Crippen LogP contribution in [0.3, 0.4) is 0 Å². The number of halogens is 3. The maximum atomic E-state index is 11.5. The van der Waals surface area contributed by atoms with Crippen molar-refractivity contribution in [3.8, 4) is 0 Å². The standard InChI is InChI=1S/C6H12F3N.H3N/c1-5(2,3)10-4-6(7,8)9;/h10H,4H2,1-3H3;1H3. The molecule has 0 aliphatic carbocycles. The SMILES string of the molecule is CC(C)(C)NCC(F)(F)F.N. The summed E-state index contributed by atoms with van der Waals surface area (Å²) >= 11 is 0. The first-order valence-corrected chi connectivity index (χ1v) is 3.02. The summed E-state index contributed by atoms with van der Waals surface area (Å²) in [6, 6.07) is 0. The van der Waals surface area contributed by atoms with Crippen molar-refractivity contribution in [1.82, 2.24) is 11.5 Å². The van der Waals surface area contributed by atoms with Crippen molar-refractivity contribution in [1.29, 1.82) is 0 Å². The molecular formula is C6H15F3N2. The molecule has 0 atom stereocenters. The highest BCUT2D eigenvalue weighted by atomic mass is 19.4. The lowest BCUT2D eigenvalue weighted by atomic mass is 10.1. The molecule has 0 amide bonds. The van der Waals surface area contributed by atoms with Gasteiger partial charge in [-0.25, -0.2) is 0 Å². The minimum Gasteiger partial charge on any atom is -0.344 e. The lowest BCUT2D eigenvalue weighted by Crippen LogP contribution is -2.41. The van der Waals surface area contributed by atoms with Crippen molar-refractivity contribution in [2.24, 2.45) is 0 Å². The summed E-state index contributed by atoms with van der Waals surface area (Å²) in [4.78, 5) is 0. The third-order valence-corrected chi connectivity index (χ3v) is 0.819. The van der Waals surface area contributed by atoms with E-state index in [0.29, 0.717) is 0 Å². The van der Waals surface area contributed by atoms with Gasteiger partial charge in [0.2, 0.25) is 0 Å². The van der Waals surface area contributed by atoms with E-state index in [-0.39, 0.29) is 6.15 Å². The molecule has 0 saturated carbocycles. The van der Waals surface area contributed by atoms with E-state index in [9.17, 15) is 13.2 Å². The maximum Gasteiger partial charge on any atom is 0.401 e. The van der Waals surface area contributed by atoms with E-state index in [1.807, 2.05) is 0 Å². The summed E-state index contributed by atoms with van der Waals surface area (Å²) in [6.45, 7) is 4.16. The van der Waals surface area contributed by atoms with Gasteiger partial charge in [-0.2, -0.15) is 13.2 Å². The van der Waals surface area contributed by atoms with Gasteiger partial charge in [0.1, 0.15) is 0 Å². The first-order chi connectivity index (χ1) is 4.21. The molecule has 0 bridgehead atoms. The minimum absolute atomic E-state index is 0. The zero-order valence-corrected chi connectivity index (χ0v) is 7.05. The highest BCUT2D eigenvalue weighted by Crippen LogP contribution is 2.14. The molecule has 0 aromatic heterocycles. The van der Waals surface area contributed by atoms with Crippen LogP contribution in [-0.4, -0.2) is 18.3 Å². The maximum absolute atomic E-state index is 11.5. The predicted octanol–water partition coefficient (Wildman–Crippen LogP) is 2.10. The van der Waals surface area contributed by atoms with Crippen LogP contribution in [0, 0.1) is 0 Å². The fraction of sp³-hybridized carbons (Fsp3) is 1.00. The Morgan fingerprint density at radius 1 is 1.09 bits per heavy atom. The molecule has 0 spiro atoms. The number of hydrogen-bond donors (Lipinski definition) is 2. The number of rotatable bonds is 1. The Hall–Kier alpha value is -0.290. The van der Waals surface area contributed by atoms with Crippen LogP contribution >= 0.6 is 0 Å². The zero-order chi connectivity index (χ0) is 8.41. The van der Waals surface area contributed by atoms with E-state index in [2.05, 4.69) is 5.32 Å². The third kappa shape index (κ3) is 12.8. The molecule has 4 N–H and O–H groups in total. The van der Waals surface area contributed by atoms with Crippen LogP contribution in [0.5, 0.6) is 0 Å². The second kappa shape index (κ2) is 3.92. The molecule has 0 aromatic rings. The molecule has 0 unspecified atom stereocenters. The van der Waals surface area contributed by atoms with Crippen molar-refractivity contribution in [3.05, 3.63) is 0 Å². The highest BCUT2D eigenvalue weighted by molar-refractivity contribution is 4.71. The Balaban J connectivity index is 0. The van der Waals surface area contributed by atoms with Crippen molar-refractivity contribution in [3.63, 3.8) is 0 Å². The van der Waals surface area contributed by atoms with Crippen LogP contribution in [0.1, 0.15) is 20.8 Å². The topological polar surface area (TPSA) is 47.0 Å². The fourth-order valence-electron chi connectivity index (χ4n) is 0.365. The Morgan fingerprint density at radius 2 is 1.45 bits per heavy atom. The Morgan fingerprint density at radius 3 is 1.55 bits per heavy atom. The van der Waals surface area contributed by atoms with E-state index < -0.39 is 18.3 Å². The third-order valence-electron chi connectivity index (χ3n) is 0.819. The summed E-state index contributed by atoms with van der Waals surface area (Å²) in [5.74, 6) is 0. The second-order valence-corrected chi connectivity index (χ2v) is 3.22. The average Bonchev–Trinajstić information content (AvgIpc) is 1.57. The van der Waals surface area contributed by atoms with Crippen molar-refractivity contribution < 1.29 is 13.2 Å². The van der Waals surface area contributed by atoms with Gasteiger partial charge in [-0.05, 0) is 20.8 Å². The molecule has 11 heavy (non-hydrogen) atoms. The van der Waals surface area contributed by atoms with E-state index in [0.717, 1.165) is 0 Å². The highest BCUT2D eigenvalue weighted by Gasteiger charge is 2.28. The summed E-state index contributed by atoms with van der Waals surface area (Å²) in [6.07, 6.45) is -4.10. The smallest absolute Gasteiger partial charge is 0.344 e. The molecule has 2 nitrogen and oxygen atoms in total. The molecule has 0 heterocycles. The molecule has 0 saturated heterocycles. The average molecular weight is 172 g/mol. The van der Waals surface area contributed by atoms with Gasteiger partial charge in [-0.3, -0.25) is 0 Å². The molecule has 5 heteroatoms. The van der Waals surface area contributed by atoms with E-state index in [1.165, 1.54) is 0 Å².